The second-order valence-corrected chi connectivity index (χ2v) is 6.88. The highest BCUT2D eigenvalue weighted by atomic mass is 16.5. The summed E-state index contributed by atoms with van der Waals surface area (Å²) in [5, 5.41) is 7.96. The second kappa shape index (κ2) is 11.5. The molecule has 0 saturated carbocycles. The van der Waals surface area contributed by atoms with Crippen molar-refractivity contribution < 1.29 is 19.1 Å². The van der Waals surface area contributed by atoms with Gasteiger partial charge in [0.05, 0.1) is 0 Å². The number of carbonyl (C=O) groups is 3. The fraction of sp³-hybridized carbons (Fsp3) is 0.318. The van der Waals surface area contributed by atoms with E-state index in [1.54, 1.807) is 38.1 Å². The van der Waals surface area contributed by atoms with Crippen LogP contribution in [0.1, 0.15) is 19.4 Å². The summed E-state index contributed by atoms with van der Waals surface area (Å²) < 4.78 is 5.09. The maximum absolute atomic E-state index is 12.3. The molecule has 29 heavy (non-hydrogen) atoms. The number of hydrogen-bond acceptors (Lipinski definition) is 4. The number of benzene rings is 2. The number of amides is 3. The van der Waals surface area contributed by atoms with E-state index in [0.29, 0.717) is 18.7 Å². The topological polar surface area (TPSA) is 96.5 Å². The SMILES string of the molecule is CC(C)[C@H](NC(=O)Nc1ccccc1)C(=O)OCC(=O)NCCc1ccccc1. The van der Waals surface area contributed by atoms with Gasteiger partial charge in [-0.2, -0.15) is 0 Å². The molecule has 0 aliphatic carbocycles. The van der Waals surface area contributed by atoms with Gasteiger partial charge in [0.1, 0.15) is 6.04 Å². The number of nitrogens with one attached hydrogen (secondary N) is 3. The lowest BCUT2D eigenvalue weighted by molar-refractivity contribution is -0.151. The summed E-state index contributed by atoms with van der Waals surface area (Å²) in [4.78, 5) is 36.4. The molecule has 0 aliphatic heterocycles. The van der Waals surface area contributed by atoms with E-state index in [4.69, 9.17) is 4.74 Å². The molecule has 3 N–H and O–H groups in total. The standard InChI is InChI=1S/C22H27N3O4/c1-16(2)20(25-22(28)24-18-11-7-4-8-12-18)21(27)29-15-19(26)23-14-13-17-9-5-3-6-10-17/h3-12,16,20H,13-15H2,1-2H3,(H,23,26)(H2,24,25,28)/t20-/m0/s1. The van der Waals surface area contributed by atoms with Crippen molar-refractivity contribution in [2.45, 2.75) is 26.3 Å². The van der Waals surface area contributed by atoms with Crippen LogP contribution < -0.4 is 16.0 Å². The lowest BCUT2D eigenvalue weighted by Gasteiger charge is -2.21. The van der Waals surface area contributed by atoms with Crippen LogP contribution in [0.4, 0.5) is 10.5 Å². The zero-order chi connectivity index (χ0) is 21.1. The molecule has 0 bridgehead atoms. The highest BCUT2D eigenvalue weighted by Crippen LogP contribution is 2.07. The van der Waals surface area contributed by atoms with Crippen LogP contribution in [0.3, 0.4) is 0 Å². The van der Waals surface area contributed by atoms with Crippen molar-refractivity contribution in [3.05, 3.63) is 66.2 Å². The van der Waals surface area contributed by atoms with Crippen LogP contribution in [-0.4, -0.2) is 37.1 Å². The lowest BCUT2D eigenvalue weighted by Crippen LogP contribution is -2.47. The van der Waals surface area contributed by atoms with Crippen LogP contribution in [0.5, 0.6) is 0 Å². The average molecular weight is 397 g/mol. The predicted molar refractivity (Wildman–Crippen MR) is 111 cm³/mol. The Hall–Kier alpha value is -3.35. The number of rotatable bonds is 9. The largest absolute Gasteiger partial charge is 0.454 e. The summed E-state index contributed by atoms with van der Waals surface area (Å²) in [5.41, 5.74) is 1.72. The molecule has 0 aliphatic rings. The first-order chi connectivity index (χ1) is 14.0. The highest BCUT2D eigenvalue weighted by molar-refractivity contribution is 5.93. The maximum Gasteiger partial charge on any atom is 0.329 e. The van der Waals surface area contributed by atoms with Gasteiger partial charge in [-0.05, 0) is 30.0 Å². The second-order valence-electron chi connectivity index (χ2n) is 6.88. The number of anilines is 1. The van der Waals surface area contributed by atoms with Crippen LogP contribution in [-0.2, 0) is 20.7 Å². The average Bonchev–Trinajstić information content (AvgIpc) is 2.71. The lowest BCUT2D eigenvalue weighted by atomic mass is 10.1. The van der Waals surface area contributed by atoms with E-state index in [1.165, 1.54) is 0 Å². The predicted octanol–water partition coefficient (Wildman–Crippen LogP) is 2.73. The molecule has 0 spiro atoms. The molecule has 3 amide bonds. The molecule has 0 fully saturated rings. The Kier molecular flexibility index (Phi) is 8.69. The summed E-state index contributed by atoms with van der Waals surface area (Å²) in [6.45, 7) is 3.63. The Balaban J connectivity index is 1.75. The first-order valence-corrected chi connectivity index (χ1v) is 9.55. The van der Waals surface area contributed by atoms with E-state index in [9.17, 15) is 14.4 Å². The van der Waals surface area contributed by atoms with Gasteiger partial charge in [0, 0.05) is 12.2 Å². The van der Waals surface area contributed by atoms with Crippen molar-refractivity contribution in [1.82, 2.24) is 10.6 Å². The molecule has 0 unspecified atom stereocenters. The van der Waals surface area contributed by atoms with Gasteiger partial charge in [-0.1, -0.05) is 62.4 Å². The Morgan fingerprint density at radius 2 is 1.55 bits per heavy atom. The summed E-state index contributed by atoms with van der Waals surface area (Å²) in [7, 11) is 0. The Morgan fingerprint density at radius 3 is 2.17 bits per heavy atom. The van der Waals surface area contributed by atoms with Crippen molar-refractivity contribution >= 4 is 23.6 Å². The molecule has 2 aromatic rings. The Labute approximate surface area is 170 Å². The third-order valence-electron chi connectivity index (χ3n) is 4.16. The fourth-order valence-electron chi connectivity index (χ4n) is 2.60. The van der Waals surface area contributed by atoms with Gasteiger partial charge >= 0.3 is 12.0 Å². The summed E-state index contributed by atoms with van der Waals surface area (Å²) in [6.07, 6.45) is 0.691. The summed E-state index contributed by atoms with van der Waals surface area (Å²) in [6, 6.07) is 17.3. The third-order valence-corrected chi connectivity index (χ3v) is 4.16. The fourth-order valence-corrected chi connectivity index (χ4v) is 2.60. The Morgan fingerprint density at radius 1 is 0.931 bits per heavy atom. The van der Waals surface area contributed by atoms with Crippen LogP contribution in [0, 0.1) is 5.92 Å². The van der Waals surface area contributed by atoms with Gasteiger partial charge in [-0.3, -0.25) is 4.79 Å². The van der Waals surface area contributed by atoms with E-state index >= 15 is 0 Å². The quantitative estimate of drug-likeness (QED) is 0.567. The molecule has 2 aromatic carbocycles. The smallest absolute Gasteiger partial charge is 0.329 e. The van der Waals surface area contributed by atoms with E-state index in [1.807, 2.05) is 36.4 Å². The molecule has 0 heterocycles. The maximum atomic E-state index is 12.3. The molecule has 154 valence electrons. The third kappa shape index (κ3) is 8.04. The number of para-hydroxylation sites is 1. The zero-order valence-electron chi connectivity index (χ0n) is 16.7. The van der Waals surface area contributed by atoms with Gasteiger partial charge in [0.15, 0.2) is 6.61 Å². The summed E-state index contributed by atoms with van der Waals surface area (Å²) >= 11 is 0. The number of esters is 1. The molecular weight excluding hydrogens is 370 g/mol. The number of ether oxygens (including phenoxy) is 1. The van der Waals surface area contributed by atoms with Gasteiger partial charge in [-0.15, -0.1) is 0 Å². The van der Waals surface area contributed by atoms with Crippen molar-refractivity contribution in [2.75, 3.05) is 18.5 Å². The van der Waals surface area contributed by atoms with Gasteiger partial charge in [0.2, 0.25) is 0 Å². The van der Waals surface area contributed by atoms with Gasteiger partial charge < -0.3 is 20.7 Å². The van der Waals surface area contributed by atoms with E-state index in [-0.39, 0.29) is 11.8 Å². The number of hydrogen-bond donors (Lipinski definition) is 3. The van der Waals surface area contributed by atoms with Crippen LogP contribution in [0.2, 0.25) is 0 Å². The van der Waals surface area contributed by atoms with Crippen molar-refractivity contribution in [3.8, 4) is 0 Å². The van der Waals surface area contributed by atoms with E-state index in [2.05, 4.69) is 16.0 Å². The summed E-state index contributed by atoms with van der Waals surface area (Å²) in [5.74, 6) is -1.24. The van der Waals surface area contributed by atoms with Crippen LogP contribution in [0.15, 0.2) is 60.7 Å². The minimum atomic E-state index is -0.865. The van der Waals surface area contributed by atoms with E-state index in [0.717, 1.165) is 5.56 Å². The molecular formula is C22H27N3O4. The Bertz CT molecular complexity index is 794. The van der Waals surface area contributed by atoms with Gasteiger partial charge in [0.25, 0.3) is 5.91 Å². The van der Waals surface area contributed by atoms with Crippen molar-refractivity contribution in [3.63, 3.8) is 0 Å². The minimum Gasteiger partial charge on any atom is -0.454 e. The first kappa shape index (κ1) is 21.9. The molecule has 0 aromatic heterocycles. The van der Waals surface area contributed by atoms with Crippen LogP contribution >= 0.6 is 0 Å². The zero-order valence-corrected chi connectivity index (χ0v) is 16.7. The molecule has 1 atom stereocenters. The number of carbonyl (C=O) groups excluding carboxylic acids is 3. The van der Waals surface area contributed by atoms with Gasteiger partial charge in [-0.25, -0.2) is 9.59 Å². The van der Waals surface area contributed by atoms with Crippen LogP contribution in [0.25, 0.3) is 0 Å². The molecule has 7 heteroatoms. The number of urea groups is 1. The van der Waals surface area contributed by atoms with E-state index < -0.39 is 24.6 Å². The molecule has 2 rings (SSSR count). The first-order valence-electron chi connectivity index (χ1n) is 9.55. The van der Waals surface area contributed by atoms with Crippen molar-refractivity contribution in [1.29, 1.82) is 0 Å². The molecule has 7 nitrogen and oxygen atoms in total. The minimum absolute atomic E-state index is 0.204. The normalized spacial score (nSPS) is 11.4. The monoisotopic (exact) mass is 397 g/mol. The van der Waals surface area contributed by atoms with Crippen molar-refractivity contribution in [2.24, 2.45) is 5.92 Å². The molecule has 0 radical (unpaired) electrons. The highest BCUT2D eigenvalue weighted by Gasteiger charge is 2.26. The molecule has 0 saturated heterocycles.